The Balaban J connectivity index is 1.73. The molecular formula is C18H20N2O4. The Morgan fingerprint density at radius 3 is 2.67 bits per heavy atom. The van der Waals surface area contributed by atoms with Crippen LogP contribution in [0.25, 0.3) is 10.9 Å². The first-order chi connectivity index (χ1) is 11.7. The maximum atomic E-state index is 11.6. The summed E-state index contributed by atoms with van der Waals surface area (Å²) in [6.45, 7) is 2.87. The molecule has 0 atom stereocenters. The maximum Gasteiger partial charge on any atom is 0.171 e. The van der Waals surface area contributed by atoms with Gasteiger partial charge >= 0.3 is 0 Å². The Morgan fingerprint density at radius 1 is 1.25 bits per heavy atom. The summed E-state index contributed by atoms with van der Waals surface area (Å²) in [4.78, 5) is 18.2. The fourth-order valence-corrected chi connectivity index (χ4v) is 3.60. The zero-order chi connectivity index (χ0) is 16.6. The number of aromatic nitrogens is 1. The minimum atomic E-state index is -0.432. The number of hydrogen-bond acceptors (Lipinski definition) is 6. The molecule has 6 heteroatoms. The molecule has 1 spiro atoms. The second-order valence-corrected chi connectivity index (χ2v) is 6.16. The number of benzene rings is 1. The van der Waals surface area contributed by atoms with Crippen molar-refractivity contribution in [3.05, 3.63) is 30.0 Å². The first kappa shape index (κ1) is 15.4. The molecule has 0 unspecified atom stereocenters. The summed E-state index contributed by atoms with van der Waals surface area (Å²) in [5.41, 5.74) is 2.37. The van der Waals surface area contributed by atoms with Gasteiger partial charge in [0.15, 0.2) is 12.1 Å². The van der Waals surface area contributed by atoms with Gasteiger partial charge in [-0.05, 0) is 18.2 Å². The van der Waals surface area contributed by atoms with Crippen LogP contribution in [0, 0.1) is 0 Å². The van der Waals surface area contributed by atoms with Crippen LogP contribution in [0.4, 0.5) is 5.69 Å². The van der Waals surface area contributed by atoms with Gasteiger partial charge in [-0.15, -0.1) is 0 Å². The lowest BCUT2D eigenvalue weighted by Crippen LogP contribution is -2.45. The third-order valence-corrected chi connectivity index (χ3v) is 4.86. The largest absolute Gasteiger partial charge is 0.497 e. The fraction of sp³-hybridized carbons (Fsp3) is 0.444. The Labute approximate surface area is 140 Å². The maximum absolute atomic E-state index is 11.6. The van der Waals surface area contributed by atoms with Crippen LogP contribution in [0.15, 0.2) is 24.4 Å². The highest BCUT2D eigenvalue weighted by Crippen LogP contribution is 2.37. The predicted molar refractivity (Wildman–Crippen MR) is 89.8 cm³/mol. The van der Waals surface area contributed by atoms with Crippen LogP contribution in [0.5, 0.6) is 5.75 Å². The Hall–Kier alpha value is -2.18. The summed E-state index contributed by atoms with van der Waals surface area (Å²) in [6.07, 6.45) is 4.09. The Bertz CT molecular complexity index is 761. The summed E-state index contributed by atoms with van der Waals surface area (Å²) in [6, 6.07) is 5.74. The molecular weight excluding hydrogens is 308 g/mol. The number of rotatable bonds is 3. The topological polar surface area (TPSA) is 60.9 Å². The van der Waals surface area contributed by atoms with Gasteiger partial charge in [-0.3, -0.25) is 9.78 Å². The summed E-state index contributed by atoms with van der Waals surface area (Å²) < 4.78 is 16.9. The number of fused-ring (bicyclic) bond motifs is 1. The van der Waals surface area contributed by atoms with Gasteiger partial charge < -0.3 is 19.1 Å². The van der Waals surface area contributed by atoms with Crippen molar-refractivity contribution in [1.29, 1.82) is 0 Å². The van der Waals surface area contributed by atoms with Gasteiger partial charge in [0.05, 0.1) is 37.1 Å². The molecule has 0 N–H and O–H groups in total. The lowest BCUT2D eigenvalue weighted by atomic mass is 10.0. The van der Waals surface area contributed by atoms with Crippen molar-refractivity contribution < 1.29 is 19.0 Å². The van der Waals surface area contributed by atoms with Crippen LogP contribution in [-0.2, 0) is 9.47 Å². The highest BCUT2D eigenvalue weighted by atomic mass is 16.7. The van der Waals surface area contributed by atoms with Crippen molar-refractivity contribution in [2.24, 2.45) is 0 Å². The molecule has 2 aromatic rings. The van der Waals surface area contributed by atoms with Gasteiger partial charge in [0.25, 0.3) is 0 Å². The molecule has 1 aromatic heterocycles. The monoisotopic (exact) mass is 328 g/mol. The van der Waals surface area contributed by atoms with Crippen molar-refractivity contribution in [1.82, 2.24) is 4.98 Å². The first-order valence-electron chi connectivity index (χ1n) is 8.19. The van der Waals surface area contributed by atoms with E-state index in [-0.39, 0.29) is 0 Å². The van der Waals surface area contributed by atoms with Gasteiger partial charge in [-0.25, -0.2) is 0 Å². The quantitative estimate of drug-likeness (QED) is 0.806. The second-order valence-electron chi connectivity index (χ2n) is 6.16. The van der Waals surface area contributed by atoms with E-state index in [4.69, 9.17) is 14.2 Å². The summed E-state index contributed by atoms with van der Waals surface area (Å²) in [5, 5.41) is 0.933. The molecule has 0 aliphatic carbocycles. The third kappa shape index (κ3) is 2.52. The lowest BCUT2D eigenvalue weighted by Gasteiger charge is -2.39. The zero-order valence-electron chi connectivity index (χ0n) is 13.7. The average Bonchev–Trinajstić information content (AvgIpc) is 3.09. The molecule has 1 aromatic carbocycles. The number of piperidine rings is 1. The number of carbonyl (C=O) groups is 1. The molecule has 2 aliphatic rings. The Morgan fingerprint density at radius 2 is 2.00 bits per heavy atom. The number of methoxy groups -OCH3 is 1. The van der Waals surface area contributed by atoms with Gasteiger partial charge in [0.2, 0.25) is 0 Å². The van der Waals surface area contributed by atoms with E-state index in [9.17, 15) is 4.79 Å². The molecule has 2 fully saturated rings. The van der Waals surface area contributed by atoms with Crippen LogP contribution in [0.3, 0.4) is 0 Å². The number of hydrogen-bond donors (Lipinski definition) is 0. The van der Waals surface area contributed by atoms with Gasteiger partial charge in [-0.1, -0.05) is 0 Å². The van der Waals surface area contributed by atoms with E-state index in [1.807, 2.05) is 18.2 Å². The van der Waals surface area contributed by atoms with Crippen LogP contribution in [-0.4, -0.2) is 50.5 Å². The van der Waals surface area contributed by atoms with Gasteiger partial charge in [-0.2, -0.15) is 0 Å². The number of aldehydes is 1. The van der Waals surface area contributed by atoms with Crippen molar-refractivity contribution in [3.8, 4) is 5.75 Å². The smallest absolute Gasteiger partial charge is 0.171 e. The van der Waals surface area contributed by atoms with E-state index in [0.717, 1.165) is 54.6 Å². The molecule has 0 amide bonds. The van der Waals surface area contributed by atoms with Crippen molar-refractivity contribution >= 4 is 22.9 Å². The summed E-state index contributed by atoms with van der Waals surface area (Å²) in [7, 11) is 1.64. The molecule has 4 rings (SSSR count). The summed E-state index contributed by atoms with van der Waals surface area (Å²) in [5.74, 6) is 0.322. The van der Waals surface area contributed by atoms with E-state index < -0.39 is 5.79 Å². The fourth-order valence-electron chi connectivity index (χ4n) is 3.60. The van der Waals surface area contributed by atoms with E-state index >= 15 is 0 Å². The van der Waals surface area contributed by atoms with E-state index in [1.54, 1.807) is 13.3 Å². The molecule has 126 valence electrons. The second kappa shape index (κ2) is 6.03. The van der Waals surface area contributed by atoms with Crippen molar-refractivity contribution in [2.75, 3.05) is 38.3 Å². The van der Waals surface area contributed by atoms with E-state index in [1.165, 1.54) is 0 Å². The zero-order valence-corrected chi connectivity index (χ0v) is 13.7. The molecule has 2 saturated heterocycles. The van der Waals surface area contributed by atoms with E-state index in [0.29, 0.717) is 18.8 Å². The predicted octanol–water partition coefficient (Wildman–Crippen LogP) is 2.40. The summed E-state index contributed by atoms with van der Waals surface area (Å²) >= 11 is 0. The average molecular weight is 328 g/mol. The van der Waals surface area contributed by atoms with Crippen LogP contribution in [0.2, 0.25) is 0 Å². The molecule has 0 radical (unpaired) electrons. The van der Waals surface area contributed by atoms with Gasteiger partial charge in [0.1, 0.15) is 5.75 Å². The van der Waals surface area contributed by atoms with Crippen LogP contribution >= 0.6 is 0 Å². The third-order valence-electron chi connectivity index (χ3n) is 4.86. The number of carbonyl (C=O) groups excluding carboxylic acids is 1. The Kier molecular flexibility index (Phi) is 3.86. The highest BCUT2D eigenvalue weighted by Gasteiger charge is 2.40. The number of ether oxygens (including phenoxy) is 3. The lowest BCUT2D eigenvalue weighted by molar-refractivity contribution is -0.169. The SMILES string of the molecule is COc1ccc2ncc(C=O)c(N3CCC4(CC3)OCCO4)c2c1. The van der Waals surface area contributed by atoms with Crippen molar-refractivity contribution in [3.63, 3.8) is 0 Å². The van der Waals surface area contributed by atoms with Gasteiger partial charge in [0, 0.05) is 37.5 Å². The molecule has 3 heterocycles. The molecule has 6 nitrogen and oxygen atoms in total. The van der Waals surface area contributed by atoms with Crippen LogP contribution < -0.4 is 9.64 Å². The minimum absolute atomic E-state index is 0.432. The highest BCUT2D eigenvalue weighted by molar-refractivity contribution is 6.01. The normalized spacial score (nSPS) is 19.8. The first-order valence-corrected chi connectivity index (χ1v) is 8.19. The molecule has 2 aliphatic heterocycles. The molecule has 24 heavy (non-hydrogen) atoms. The minimum Gasteiger partial charge on any atom is -0.497 e. The molecule has 0 saturated carbocycles. The molecule has 0 bridgehead atoms. The van der Waals surface area contributed by atoms with Crippen molar-refractivity contribution in [2.45, 2.75) is 18.6 Å². The standard InChI is InChI=1S/C18H20N2O4/c1-22-14-2-3-16-15(10-14)17(13(12-21)11-19-16)20-6-4-18(5-7-20)23-8-9-24-18/h2-3,10-12H,4-9H2,1H3. The van der Waals surface area contributed by atoms with Crippen LogP contribution in [0.1, 0.15) is 23.2 Å². The number of pyridine rings is 1. The number of nitrogens with zero attached hydrogens (tertiary/aromatic N) is 2. The van der Waals surface area contributed by atoms with E-state index in [2.05, 4.69) is 9.88 Å². The number of anilines is 1.